The summed E-state index contributed by atoms with van der Waals surface area (Å²) in [5, 5.41) is 2.72. The quantitative estimate of drug-likeness (QED) is 0.674. The molecule has 3 aromatic rings. The number of pyridine rings is 1. The van der Waals surface area contributed by atoms with Crippen molar-refractivity contribution in [3.05, 3.63) is 63.2 Å². The molecule has 7 nitrogen and oxygen atoms in total. The van der Waals surface area contributed by atoms with Crippen LogP contribution in [0.5, 0.6) is 0 Å². The van der Waals surface area contributed by atoms with Crippen LogP contribution in [0.25, 0.3) is 16.6 Å². The predicted molar refractivity (Wildman–Crippen MR) is 113 cm³/mol. The van der Waals surface area contributed by atoms with Gasteiger partial charge in [-0.1, -0.05) is 11.6 Å². The van der Waals surface area contributed by atoms with Gasteiger partial charge in [0, 0.05) is 19.2 Å². The molecule has 2 aromatic heterocycles. The number of halogens is 2. The van der Waals surface area contributed by atoms with Gasteiger partial charge in [0.05, 0.1) is 22.3 Å². The molecule has 0 aliphatic rings. The molecule has 30 heavy (non-hydrogen) atoms. The molecule has 0 aliphatic heterocycles. The maximum Gasteiger partial charge on any atom is 0.407 e. The van der Waals surface area contributed by atoms with Crippen LogP contribution in [0.3, 0.4) is 0 Å². The van der Waals surface area contributed by atoms with Gasteiger partial charge in [-0.25, -0.2) is 14.2 Å². The molecule has 0 radical (unpaired) electrons. The molecule has 0 fully saturated rings. The third-order valence-corrected chi connectivity index (χ3v) is 4.44. The second-order valence-corrected chi connectivity index (χ2v) is 8.23. The van der Waals surface area contributed by atoms with Crippen LogP contribution in [0, 0.1) is 12.7 Å². The average molecular weight is 433 g/mol. The SMILES string of the molecule is Cc1cncc(-n2c(CCNC(=O)OC(C)(C)C)nc3c(F)ccc(Cl)c3c2=O)c1. The molecule has 0 aliphatic carbocycles. The van der Waals surface area contributed by atoms with Crippen LogP contribution in [-0.4, -0.2) is 32.8 Å². The second kappa shape index (κ2) is 8.39. The van der Waals surface area contributed by atoms with Crippen LogP contribution in [0.15, 0.2) is 35.4 Å². The Kier molecular flexibility index (Phi) is 6.07. The smallest absolute Gasteiger partial charge is 0.407 e. The van der Waals surface area contributed by atoms with Gasteiger partial charge >= 0.3 is 6.09 Å². The summed E-state index contributed by atoms with van der Waals surface area (Å²) in [6, 6.07) is 4.25. The molecular weight excluding hydrogens is 411 g/mol. The van der Waals surface area contributed by atoms with E-state index in [4.69, 9.17) is 16.3 Å². The number of carbonyl (C=O) groups excluding carboxylic acids is 1. The number of hydrogen-bond acceptors (Lipinski definition) is 5. The molecule has 0 atom stereocenters. The summed E-state index contributed by atoms with van der Waals surface area (Å²) < 4.78 is 20.9. The topological polar surface area (TPSA) is 86.1 Å². The normalized spacial score (nSPS) is 11.5. The molecule has 2 heterocycles. The highest BCUT2D eigenvalue weighted by atomic mass is 35.5. The van der Waals surface area contributed by atoms with Crippen molar-refractivity contribution < 1.29 is 13.9 Å². The summed E-state index contributed by atoms with van der Waals surface area (Å²) in [4.78, 5) is 33.7. The largest absolute Gasteiger partial charge is 0.444 e. The monoisotopic (exact) mass is 432 g/mol. The Bertz CT molecular complexity index is 1170. The van der Waals surface area contributed by atoms with E-state index in [1.807, 2.05) is 6.92 Å². The first-order valence-electron chi connectivity index (χ1n) is 9.35. The average Bonchev–Trinajstić information content (AvgIpc) is 2.63. The maximum atomic E-state index is 14.4. The lowest BCUT2D eigenvalue weighted by Crippen LogP contribution is -2.34. The Hall–Kier alpha value is -3.00. The van der Waals surface area contributed by atoms with Crippen molar-refractivity contribution in [3.8, 4) is 5.69 Å². The first-order chi connectivity index (χ1) is 14.1. The van der Waals surface area contributed by atoms with Gasteiger partial charge in [0.25, 0.3) is 5.56 Å². The van der Waals surface area contributed by atoms with E-state index in [0.29, 0.717) is 5.69 Å². The zero-order chi connectivity index (χ0) is 22.1. The van der Waals surface area contributed by atoms with Gasteiger partial charge in [-0.15, -0.1) is 0 Å². The molecule has 158 valence electrons. The lowest BCUT2D eigenvalue weighted by Gasteiger charge is -2.20. The highest BCUT2D eigenvalue weighted by Crippen LogP contribution is 2.23. The third-order valence-electron chi connectivity index (χ3n) is 4.13. The van der Waals surface area contributed by atoms with Gasteiger partial charge in [0.2, 0.25) is 0 Å². The fourth-order valence-corrected chi connectivity index (χ4v) is 3.18. The van der Waals surface area contributed by atoms with Crippen LogP contribution in [-0.2, 0) is 11.2 Å². The van der Waals surface area contributed by atoms with Crippen molar-refractivity contribution in [2.24, 2.45) is 0 Å². The molecule has 0 unspecified atom stereocenters. The van der Waals surface area contributed by atoms with E-state index in [1.165, 1.54) is 22.9 Å². The number of aromatic nitrogens is 3. The lowest BCUT2D eigenvalue weighted by molar-refractivity contribution is 0.0528. The number of benzene rings is 1. The van der Waals surface area contributed by atoms with Crippen LogP contribution < -0.4 is 10.9 Å². The number of alkyl carbamates (subject to hydrolysis) is 1. The number of nitrogens with one attached hydrogen (secondary N) is 1. The molecule has 3 rings (SSSR count). The predicted octanol–water partition coefficient (Wildman–Crippen LogP) is 3.95. The fourth-order valence-electron chi connectivity index (χ4n) is 2.95. The standard InChI is InChI=1S/C21H22ClFN4O3/c1-12-9-13(11-24-10-12)27-16(7-8-25-20(29)30-21(2,3)4)26-18-15(23)6-5-14(22)17(18)19(27)28/h5-6,9-11H,7-8H2,1-4H3,(H,25,29). The number of rotatable bonds is 4. The van der Waals surface area contributed by atoms with Crippen LogP contribution in [0.1, 0.15) is 32.2 Å². The fraction of sp³-hybridized carbons (Fsp3) is 0.333. The Morgan fingerprint density at radius 1 is 1.30 bits per heavy atom. The third kappa shape index (κ3) is 4.76. The van der Waals surface area contributed by atoms with Gasteiger partial charge in [0.15, 0.2) is 0 Å². The minimum absolute atomic E-state index is 0.0120. The van der Waals surface area contributed by atoms with Crippen molar-refractivity contribution in [3.63, 3.8) is 0 Å². The molecule has 1 aromatic carbocycles. The molecule has 1 amide bonds. The van der Waals surface area contributed by atoms with E-state index < -0.39 is 23.1 Å². The Morgan fingerprint density at radius 2 is 2.03 bits per heavy atom. The van der Waals surface area contributed by atoms with Gasteiger partial charge in [0.1, 0.15) is 22.8 Å². The molecule has 0 saturated carbocycles. The summed E-state index contributed by atoms with van der Waals surface area (Å²) in [5.41, 5.74) is 0.0472. The highest BCUT2D eigenvalue weighted by Gasteiger charge is 2.19. The molecular formula is C21H22ClFN4O3. The zero-order valence-corrected chi connectivity index (χ0v) is 17.9. The van der Waals surface area contributed by atoms with Crippen LogP contribution in [0.2, 0.25) is 5.02 Å². The molecule has 1 N–H and O–H groups in total. The van der Waals surface area contributed by atoms with Crippen molar-refractivity contribution in [1.29, 1.82) is 0 Å². The number of ether oxygens (including phenoxy) is 1. The minimum atomic E-state index is -0.651. The van der Waals surface area contributed by atoms with Gasteiger partial charge in [-0.2, -0.15) is 0 Å². The molecule has 0 saturated heterocycles. The van der Waals surface area contributed by atoms with Crippen LogP contribution in [0.4, 0.5) is 9.18 Å². The van der Waals surface area contributed by atoms with E-state index in [-0.39, 0.29) is 34.7 Å². The number of amides is 1. The number of fused-ring (bicyclic) bond motifs is 1. The Balaban J connectivity index is 2.06. The lowest BCUT2D eigenvalue weighted by atomic mass is 10.2. The molecule has 9 heteroatoms. The number of hydrogen-bond donors (Lipinski definition) is 1. The summed E-state index contributed by atoms with van der Waals surface area (Å²) in [7, 11) is 0. The summed E-state index contributed by atoms with van der Waals surface area (Å²) in [6.45, 7) is 7.24. The molecule has 0 bridgehead atoms. The first-order valence-corrected chi connectivity index (χ1v) is 9.73. The number of aryl methyl sites for hydroxylation is 1. The summed E-state index contributed by atoms with van der Waals surface area (Å²) in [6.07, 6.45) is 2.73. The van der Waals surface area contributed by atoms with Crippen molar-refractivity contribution in [2.45, 2.75) is 39.7 Å². The first kappa shape index (κ1) is 21.7. The van der Waals surface area contributed by atoms with Gasteiger partial charge in [-0.05, 0) is 51.5 Å². The molecule has 0 spiro atoms. The van der Waals surface area contributed by atoms with E-state index in [0.717, 1.165) is 5.56 Å². The van der Waals surface area contributed by atoms with E-state index in [9.17, 15) is 14.0 Å². The second-order valence-electron chi connectivity index (χ2n) is 7.82. The Morgan fingerprint density at radius 3 is 2.70 bits per heavy atom. The minimum Gasteiger partial charge on any atom is -0.444 e. The van der Waals surface area contributed by atoms with Crippen molar-refractivity contribution in [2.75, 3.05) is 6.54 Å². The summed E-state index contributed by atoms with van der Waals surface area (Å²) in [5.74, 6) is -0.389. The van der Waals surface area contributed by atoms with Crippen LogP contribution >= 0.6 is 11.6 Å². The van der Waals surface area contributed by atoms with E-state index in [1.54, 1.807) is 33.0 Å². The zero-order valence-electron chi connectivity index (χ0n) is 17.1. The summed E-state index contributed by atoms with van der Waals surface area (Å²) >= 11 is 6.18. The number of nitrogens with zero attached hydrogens (tertiary/aromatic N) is 3. The van der Waals surface area contributed by atoms with Crippen molar-refractivity contribution in [1.82, 2.24) is 19.9 Å². The van der Waals surface area contributed by atoms with Crippen molar-refractivity contribution >= 4 is 28.6 Å². The van der Waals surface area contributed by atoms with Gasteiger partial charge in [-0.3, -0.25) is 14.3 Å². The maximum absolute atomic E-state index is 14.4. The van der Waals surface area contributed by atoms with E-state index in [2.05, 4.69) is 15.3 Å². The Labute approximate surface area is 177 Å². The van der Waals surface area contributed by atoms with Gasteiger partial charge < -0.3 is 10.1 Å². The number of carbonyl (C=O) groups is 1. The van der Waals surface area contributed by atoms with E-state index >= 15 is 0 Å². The highest BCUT2D eigenvalue weighted by molar-refractivity contribution is 6.35.